The third kappa shape index (κ3) is 16.4. The van der Waals surface area contributed by atoms with Gasteiger partial charge in [0.05, 0.1) is 0 Å². The van der Waals surface area contributed by atoms with Crippen molar-refractivity contribution in [3.8, 4) is 0 Å². The highest BCUT2D eigenvalue weighted by Crippen LogP contribution is 2.22. The Morgan fingerprint density at radius 3 is 0.700 bits per heavy atom. The number of rotatable bonds is 9. The minimum atomic E-state index is -0.436. The first kappa shape index (κ1) is 47.9. The van der Waals surface area contributed by atoms with Crippen molar-refractivity contribution >= 4 is 35.4 Å². The Labute approximate surface area is 358 Å². The van der Waals surface area contributed by atoms with Crippen molar-refractivity contribution in [1.82, 2.24) is 31.9 Å². The molecule has 2 aromatic carbocycles. The van der Waals surface area contributed by atoms with Gasteiger partial charge in [-0.2, -0.15) is 0 Å². The van der Waals surface area contributed by atoms with Crippen LogP contribution in [0.15, 0.2) is 36.4 Å². The summed E-state index contributed by atoms with van der Waals surface area (Å²) in [6.45, 7) is 16.8. The Bertz CT molecular complexity index is 1600. The Hall–Kier alpha value is -4.74. The number of benzene rings is 2. The fourth-order valence-electron chi connectivity index (χ4n) is 7.83. The smallest absolute Gasteiger partial charge is 0.251 e. The Morgan fingerprint density at radius 1 is 0.333 bits per heavy atom. The Morgan fingerprint density at radius 2 is 0.517 bits per heavy atom. The summed E-state index contributed by atoms with van der Waals surface area (Å²) in [6, 6.07) is 9.98. The maximum absolute atomic E-state index is 13.1. The fraction of sp³-hybridized carbons (Fsp3) is 0.625. The molecule has 60 heavy (non-hydrogen) atoms. The zero-order valence-corrected chi connectivity index (χ0v) is 37.8. The molecule has 0 saturated heterocycles. The van der Waals surface area contributed by atoms with Crippen LogP contribution in [0, 0.1) is 0 Å². The van der Waals surface area contributed by atoms with Crippen LogP contribution in [0.1, 0.15) is 221 Å². The monoisotopic (exact) mass is 829 g/mol. The first-order valence-corrected chi connectivity index (χ1v) is 22.3. The molecular weight excluding hydrogens is 757 g/mol. The lowest BCUT2D eigenvalue weighted by molar-refractivity contribution is 0.0899. The van der Waals surface area contributed by atoms with Gasteiger partial charge in [0.2, 0.25) is 0 Å². The van der Waals surface area contributed by atoms with Crippen LogP contribution in [-0.4, -0.2) is 70.2 Å². The van der Waals surface area contributed by atoms with Crippen LogP contribution < -0.4 is 31.9 Å². The van der Waals surface area contributed by atoms with E-state index in [0.29, 0.717) is 16.7 Å². The van der Waals surface area contributed by atoms with Crippen LogP contribution in [0.25, 0.3) is 0 Å². The predicted octanol–water partition coefficient (Wildman–Crippen LogP) is 8.15. The van der Waals surface area contributed by atoms with Crippen molar-refractivity contribution in [2.75, 3.05) is 0 Å². The minimum Gasteiger partial charge on any atom is -0.349 e. The van der Waals surface area contributed by atoms with Crippen molar-refractivity contribution in [3.63, 3.8) is 0 Å². The standard InChI is InChI=1S/C27H39N3O3.C21H33N3O3/c31-25(28-22-10-4-1-5-11-22)19-16-20(26(32)29-23-12-6-2-7-13-23)18-21(17-19)27(33)30-24-14-8-3-9-15-24;1-19(2,3)22-16(25)13-10-14(17(26)23-20(4,5)6)12-15(11-13)18(27)24-21(7,8)9/h16-18,22-24H,1-15H2,(H,28,31)(H,29,32)(H,30,33);10-12H,1-9H3,(H,22,25)(H,23,26)(H,24,27). The van der Waals surface area contributed by atoms with Crippen LogP contribution in [-0.2, 0) is 0 Å². The molecular formula is C48H72N6O6. The number of carbonyl (C=O) groups is 6. The van der Waals surface area contributed by atoms with Gasteiger partial charge in [-0.25, -0.2) is 0 Å². The second kappa shape index (κ2) is 21.2. The molecule has 0 atom stereocenters. The van der Waals surface area contributed by atoms with E-state index in [9.17, 15) is 28.8 Å². The zero-order valence-electron chi connectivity index (χ0n) is 37.8. The molecule has 0 aliphatic heterocycles. The number of hydrogen-bond acceptors (Lipinski definition) is 6. The first-order chi connectivity index (χ1) is 28.0. The average molecular weight is 829 g/mol. The van der Waals surface area contributed by atoms with E-state index in [2.05, 4.69) is 31.9 Å². The predicted molar refractivity (Wildman–Crippen MR) is 238 cm³/mol. The molecule has 3 aliphatic carbocycles. The molecule has 6 N–H and O–H groups in total. The SMILES string of the molecule is CC(C)(C)NC(=O)c1cc(C(=O)NC(C)(C)C)cc(C(=O)NC(C)(C)C)c1.O=C(NC1CCCCC1)c1cc(C(=O)NC2CCCCC2)cc(C(=O)NC2CCCCC2)c1. The van der Waals surface area contributed by atoms with E-state index < -0.39 is 16.6 Å². The number of amides is 6. The lowest BCUT2D eigenvalue weighted by Gasteiger charge is -2.24. The van der Waals surface area contributed by atoms with Crippen molar-refractivity contribution < 1.29 is 28.8 Å². The minimum absolute atomic E-state index is 0.172. The maximum atomic E-state index is 13.1. The maximum Gasteiger partial charge on any atom is 0.251 e. The molecule has 0 aromatic heterocycles. The van der Waals surface area contributed by atoms with E-state index in [-0.39, 0.29) is 70.3 Å². The molecule has 0 bridgehead atoms. The number of nitrogens with one attached hydrogen (secondary N) is 6. The molecule has 0 heterocycles. The molecule has 330 valence electrons. The summed E-state index contributed by atoms with van der Waals surface area (Å²) in [4.78, 5) is 77.0. The van der Waals surface area contributed by atoms with E-state index in [1.807, 2.05) is 62.3 Å². The van der Waals surface area contributed by atoms with Gasteiger partial charge in [0.1, 0.15) is 0 Å². The van der Waals surface area contributed by atoms with Gasteiger partial charge in [0.25, 0.3) is 35.4 Å². The van der Waals surface area contributed by atoms with Crippen molar-refractivity contribution in [3.05, 3.63) is 69.8 Å². The van der Waals surface area contributed by atoms with Gasteiger partial charge in [-0.1, -0.05) is 57.8 Å². The van der Waals surface area contributed by atoms with Gasteiger partial charge in [0.15, 0.2) is 0 Å². The van der Waals surface area contributed by atoms with E-state index in [1.165, 1.54) is 37.5 Å². The highest BCUT2D eigenvalue weighted by molar-refractivity contribution is 6.06. The molecule has 0 radical (unpaired) electrons. The van der Waals surface area contributed by atoms with Gasteiger partial charge < -0.3 is 31.9 Å². The molecule has 5 rings (SSSR count). The van der Waals surface area contributed by atoms with Gasteiger partial charge in [0, 0.05) is 68.1 Å². The summed E-state index contributed by atoms with van der Waals surface area (Å²) in [5.74, 6) is -1.59. The largest absolute Gasteiger partial charge is 0.349 e. The van der Waals surface area contributed by atoms with Crippen LogP contribution in [0.4, 0.5) is 0 Å². The second-order valence-corrected chi connectivity index (χ2v) is 20.1. The highest BCUT2D eigenvalue weighted by atomic mass is 16.2. The van der Waals surface area contributed by atoms with Crippen LogP contribution in [0.2, 0.25) is 0 Å². The van der Waals surface area contributed by atoms with Gasteiger partial charge in [-0.3, -0.25) is 28.8 Å². The van der Waals surface area contributed by atoms with Gasteiger partial charge in [-0.05, 0) is 137 Å². The van der Waals surface area contributed by atoms with Crippen molar-refractivity contribution in [1.29, 1.82) is 0 Å². The van der Waals surface area contributed by atoms with E-state index >= 15 is 0 Å². The molecule has 3 fully saturated rings. The third-order valence-corrected chi connectivity index (χ3v) is 10.7. The molecule has 3 saturated carbocycles. The summed E-state index contributed by atoms with van der Waals surface area (Å²) < 4.78 is 0. The summed E-state index contributed by atoms with van der Waals surface area (Å²) in [6.07, 6.45) is 16.4. The third-order valence-electron chi connectivity index (χ3n) is 10.7. The summed E-state index contributed by atoms with van der Waals surface area (Å²) >= 11 is 0. The van der Waals surface area contributed by atoms with Crippen molar-refractivity contribution in [2.45, 2.75) is 193 Å². The summed E-state index contributed by atoms with van der Waals surface area (Å²) in [7, 11) is 0. The van der Waals surface area contributed by atoms with Gasteiger partial charge in [-0.15, -0.1) is 0 Å². The van der Waals surface area contributed by atoms with Crippen molar-refractivity contribution in [2.24, 2.45) is 0 Å². The van der Waals surface area contributed by atoms with Crippen LogP contribution in [0.3, 0.4) is 0 Å². The molecule has 0 unspecified atom stereocenters. The van der Waals surface area contributed by atoms with Crippen LogP contribution >= 0.6 is 0 Å². The number of hydrogen-bond donors (Lipinski definition) is 6. The first-order valence-electron chi connectivity index (χ1n) is 22.3. The lowest BCUT2D eigenvalue weighted by atomic mass is 9.94. The fourth-order valence-corrected chi connectivity index (χ4v) is 7.83. The zero-order chi connectivity index (χ0) is 44.3. The van der Waals surface area contributed by atoms with Crippen LogP contribution in [0.5, 0.6) is 0 Å². The van der Waals surface area contributed by atoms with E-state index in [0.717, 1.165) is 77.0 Å². The topological polar surface area (TPSA) is 175 Å². The highest BCUT2D eigenvalue weighted by Gasteiger charge is 2.25. The van der Waals surface area contributed by atoms with E-state index in [4.69, 9.17) is 0 Å². The molecule has 6 amide bonds. The average Bonchev–Trinajstić information content (AvgIpc) is 3.17. The second-order valence-electron chi connectivity index (χ2n) is 20.1. The molecule has 0 spiro atoms. The van der Waals surface area contributed by atoms with E-state index in [1.54, 1.807) is 18.2 Å². The normalized spacial score (nSPS) is 16.9. The lowest BCUT2D eigenvalue weighted by Crippen LogP contribution is -2.43. The molecule has 12 heteroatoms. The summed E-state index contributed by atoms with van der Waals surface area (Å²) in [5.41, 5.74) is 0.682. The molecule has 12 nitrogen and oxygen atoms in total. The quantitative estimate of drug-likeness (QED) is 0.149. The number of carbonyl (C=O) groups excluding carboxylic acids is 6. The molecule has 3 aliphatic rings. The van der Waals surface area contributed by atoms with Gasteiger partial charge >= 0.3 is 0 Å². The molecule has 2 aromatic rings. The summed E-state index contributed by atoms with van der Waals surface area (Å²) in [5, 5.41) is 18.0. The Balaban J connectivity index is 0.000000271. The Kier molecular flexibility index (Phi) is 16.9.